The Morgan fingerprint density at radius 3 is 2.83 bits per heavy atom. The highest BCUT2D eigenvalue weighted by molar-refractivity contribution is 9.09. The predicted molar refractivity (Wildman–Crippen MR) is 74.9 cm³/mol. The number of nitrogens with zero attached hydrogens (tertiary/aromatic N) is 1. The second-order valence-corrected chi connectivity index (χ2v) is 5.02. The molecule has 3 nitrogen and oxygen atoms in total. The van der Waals surface area contributed by atoms with Crippen LogP contribution in [0.4, 0.5) is 0 Å². The summed E-state index contributed by atoms with van der Waals surface area (Å²) < 4.78 is 5.53. The minimum atomic E-state index is 0.0198. The van der Waals surface area contributed by atoms with E-state index in [9.17, 15) is 4.79 Å². The summed E-state index contributed by atoms with van der Waals surface area (Å²) in [7, 11) is 0. The molecule has 0 aliphatic carbocycles. The molecule has 4 heteroatoms. The van der Waals surface area contributed by atoms with Gasteiger partial charge in [-0.15, -0.1) is 0 Å². The van der Waals surface area contributed by atoms with Gasteiger partial charge in [-0.1, -0.05) is 28.1 Å². The number of allylic oxidation sites excluding steroid dienone is 1. The number of fused-ring (bicyclic) bond motifs is 1. The normalized spacial score (nSPS) is 14.7. The second kappa shape index (κ2) is 6.05. The largest absolute Gasteiger partial charge is 0.462 e. The van der Waals surface area contributed by atoms with E-state index in [2.05, 4.69) is 15.9 Å². The fourth-order valence-electron chi connectivity index (χ4n) is 1.91. The van der Waals surface area contributed by atoms with Gasteiger partial charge in [0.2, 0.25) is 0 Å². The number of hydrogen-bond acceptors (Lipinski definition) is 2. The number of ether oxygens (including phenoxy) is 1. The van der Waals surface area contributed by atoms with E-state index in [0.717, 1.165) is 30.4 Å². The Balaban J connectivity index is 2.22. The van der Waals surface area contributed by atoms with Crippen LogP contribution in [0.2, 0.25) is 0 Å². The van der Waals surface area contributed by atoms with Gasteiger partial charge in [-0.25, -0.2) is 0 Å². The lowest BCUT2D eigenvalue weighted by molar-refractivity contribution is 0.0806. The van der Waals surface area contributed by atoms with Crippen molar-refractivity contribution in [2.45, 2.75) is 19.8 Å². The average molecular weight is 310 g/mol. The van der Waals surface area contributed by atoms with Gasteiger partial charge in [0, 0.05) is 11.9 Å². The number of rotatable bonds is 4. The van der Waals surface area contributed by atoms with Gasteiger partial charge in [0.05, 0.1) is 11.3 Å². The van der Waals surface area contributed by atoms with E-state index in [-0.39, 0.29) is 5.91 Å². The Morgan fingerprint density at radius 1 is 1.28 bits per heavy atom. The van der Waals surface area contributed by atoms with Crippen LogP contribution in [0.15, 0.2) is 36.2 Å². The lowest BCUT2D eigenvalue weighted by Crippen LogP contribution is -2.29. The van der Waals surface area contributed by atoms with Crippen LogP contribution in [0.5, 0.6) is 5.75 Å². The summed E-state index contributed by atoms with van der Waals surface area (Å²) >= 11 is 3.40. The number of para-hydroxylation sites is 1. The molecule has 1 aliphatic heterocycles. The van der Waals surface area contributed by atoms with Crippen molar-refractivity contribution in [3.63, 3.8) is 0 Å². The molecule has 0 atom stereocenters. The maximum Gasteiger partial charge on any atom is 0.261 e. The monoisotopic (exact) mass is 309 g/mol. The zero-order valence-electron chi connectivity index (χ0n) is 10.4. The van der Waals surface area contributed by atoms with Gasteiger partial charge in [-0.2, -0.15) is 0 Å². The molecular weight excluding hydrogens is 294 g/mol. The third-order valence-electron chi connectivity index (χ3n) is 2.91. The number of hydrogen-bond donors (Lipinski definition) is 0. The molecule has 1 aromatic carbocycles. The van der Waals surface area contributed by atoms with Gasteiger partial charge in [0.25, 0.3) is 5.91 Å². The van der Waals surface area contributed by atoms with E-state index in [4.69, 9.17) is 4.74 Å². The molecule has 18 heavy (non-hydrogen) atoms. The number of halogens is 1. The number of unbranched alkanes of at least 4 members (excludes halogenated alkanes) is 1. The van der Waals surface area contributed by atoms with Crippen LogP contribution in [0, 0.1) is 0 Å². The van der Waals surface area contributed by atoms with E-state index in [1.807, 2.05) is 31.2 Å². The molecule has 1 aromatic rings. The van der Waals surface area contributed by atoms with E-state index >= 15 is 0 Å². The molecule has 0 radical (unpaired) electrons. The third-order valence-corrected chi connectivity index (χ3v) is 3.47. The van der Waals surface area contributed by atoms with Crippen molar-refractivity contribution in [3.8, 4) is 5.75 Å². The van der Waals surface area contributed by atoms with Crippen molar-refractivity contribution < 1.29 is 9.53 Å². The molecule has 1 aliphatic rings. The maximum atomic E-state index is 12.4. The smallest absolute Gasteiger partial charge is 0.261 e. The maximum absolute atomic E-state index is 12.4. The van der Waals surface area contributed by atoms with Crippen LogP contribution in [0.25, 0.3) is 0 Å². The van der Waals surface area contributed by atoms with Crippen LogP contribution in [0.1, 0.15) is 30.1 Å². The fraction of sp³-hybridized carbons (Fsp3) is 0.357. The molecule has 0 saturated carbocycles. The average Bonchev–Trinajstić information content (AvgIpc) is 2.51. The first kappa shape index (κ1) is 13.1. The molecule has 0 spiro atoms. The summed E-state index contributed by atoms with van der Waals surface area (Å²) in [5.74, 6) is 0.649. The van der Waals surface area contributed by atoms with Crippen LogP contribution < -0.4 is 4.74 Å². The lowest BCUT2D eigenvalue weighted by atomic mass is 10.1. The van der Waals surface area contributed by atoms with Crippen molar-refractivity contribution in [2.75, 3.05) is 11.9 Å². The highest BCUT2D eigenvalue weighted by atomic mass is 79.9. The molecule has 0 unspecified atom stereocenters. The Hall–Kier alpha value is -1.29. The first-order valence-corrected chi connectivity index (χ1v) is 7.16. The quantitative estimate of drug-likeness (QED) is 0.628. The minimum Gasteiger partial charge on any atom is -0.462 e. The van der Waals surface area contributed by atoms with Crippen molar-refractivity contribution in [3.05, 3.63) is 41.8 Å². The van der Waals surface area contributed by atoms with Gasteiger partial charge >= 0.3 is 0 Å². The molecule has 96 valence electrons. The molecule has 0 fully saturated rings. The lowest BCUT2D eigenvalue weighted by Gasteiger charge is -2.21. The predicted octanol–water partition coefficient (Wildman–Crippen LogP) is 3.56. The van der Waals surface area contributed by atoms with Gasteiger partial charge in [0.1, 0.15) is 12.0 Å². The summed E-state index contributed by atoms with van der Waals surface area (Å²) in [4.78, 5) is 14.2. The SMILES string of the molecule is CC1=COc2ccccc2C(=O)N1CCCCBr. The molecule has 1 heterocycles. The highest BCUT2D eigenvalue weighted by Crippen LogP contribution is 2.25. The summed E-state index contributed by atoms with van der Waals surface area (Å²) in [6.45, 7) is 2.63. The number of amides is 1. The Morgan fingerprint density at radius 2 is 2.06 bits per heavy atom. The molecule has 1 amide bonds. The molecule has 2 rings (SSSR count). The zero-order chi connectivity index (χ0) is 13.0. The minimum absolute atomic E-state index is 0.0198. The first-order valence-electron chi connectivity index (χ1n) is 6.04. The summed E-state index contributed by atoms with van der Waals surface area (Å²) in [6, 6.07) is 7.35. The Labute approximate surface area is 116 Å². The summed E-state index contributed by atoms with van der Waals surface area (Å²) in [5.41, 5.74) is 1.48. The zero-order valence-corrected chi connectivity index (χ0v) is 11.9. The second-order valence-electron chi connectivity index (χ2n) is 4.23. The van der Waals surface area contributed by atoms with Crippen molar-refractivity contribution in [1.29, 1.82) is 0 Å². The fourth-order valence-corrected chi connectivity index (χ4v) is 2.30. The first-order chi connectivity index (χ1) is 8.74. The Kier molecular flexibility index (Phi) is 4.42. The van der Waals surface area contributed by atoms with Gasteiger partial charge < -0.3 is 9.64 Å². The van der Waals surface area contributed by atoms with Crippen molar-refractivity contribution in [2.24, 2.45) is 0 Å². The van der Waals surface area contributed by atoms with E-state index in [1.54, 1.807) is 11.2 Å². The van der Waals surface area contributed by atoms with E-state index < -0.39 is 0 Å². The third kappa shape index (κ3) is 2.75. The number of alkyl halides is 1. The van der Waals surface area contributed by atoms with Gasteiger partial charge in [-0.05, 0) is 31.9 Å². The van der Waals surface area contributed by atoms with Crippen LogP contribution >= 0.6 is 15.9 Å². The van der Waals surface area contributed by atoms with Crippen LogP contribution in [-0.4, -0.2) is 22.7 Å². The van der Waals surface area contributed by atoms with Crippen molar-refractivity contribution in [1.82, 2.24) is 4.90 Å². The van der Waals surface area contributed by atoms with Gasteiger partial charge in [-0.3, -0.25) is 4.79 Å². The Bertz CT molecular complexity index is 471. The molecule has 0 N–H and O–H groups in total. The summed E-state index contributed by atoms with van der Waals surface area (Å²) in [5, 5.41) is 0.963. The number of benzene rings is 1. The number of carbonyl (C=O) groups is 1. The van der Waals surface area contributed by atoms with Gasteiger partial charge in [0.15, 0.2) is 0 Å². The number of carbonyl (C=O) groups excluding carboxylic acids is 1. The highest BCUT2D eigenvalue weighted by Gasteiger charge is 2.23. The topological polar surface area (TPSA) is 29.5 Å². The molecule has 0 aromatic heterocycles. The van der Waals surface area contributed by atoms with Crippen molar-refractivity contribution >= 4 is 21.8 Å². The molecule has 0 saturated heterocycles. The standard InChI is InChI=1S/C14H16BrNO2/c1-11-10-18-13-7-3-2-6-12(13)14(17)16(11)9-5-4-8-15/h2-3,6-7,10H,4-5,8-9H2,1H3. The van der Waals surface area contributed by atoms with Crippen LogP contribution in [-0.2, 0) is 0 Å². The van der Waals surface area contributed by atoms with E-state index in [0.29, 0.717) is 11.3 Å². The summed E-state index contributed by atoms with van der Waals surface area (Å²) in [6.07, 6.45) is 3.68. The van der Waals surface area contributed by atoms with Crippen LogP contribution in [0.3, 0.4) is 0 Å². The van der Waals surface area contributed by atoms with E-state index in [1.165, 1.54) is 0 Å². The molecule has 0 bridgehead atoms. The molecular formula is C14H16BrNO2.